The molecule has 0 saturated heterocycles. The number of hydrogen-bond donors (Lipinski definition) is 0. The van der Waals surface area contributed by atoms with Gasteiger partial charge in [0.2, 0.25) is 0 Å². The zero-order valence-electron chi connectivity index (χ0n) is 23.4. The van der Waals surface area contributed by atoms with Gasteiger partial charge in [-0.3, -0.25) is 9.59 Å². The molecule has 0 spiro atoms. The van der Waals surface area contributed by atoms with Gasteiger partial charge in [-0.25, -0.2) is 4.98 Å². The van der Waals surface area contributed by atoms with Gasteiger partial charge in [-0.1, -0.05) is 38.3 Å². The number of aryl methyl sites for hydroxylation is 1. The average molecular weight is 631 g/mol. The molecule has 0 radical (unpaired) electrons. The Morgan fingerprint density at radius 1 is 0.953 bits per heavy atom. The van der Waals surface area contributed by atoms with E-state index in [2.05, 4.69) is 4.98 Å². The Balaban J connectivity index is 2.00. The number of alkyl halides is 9. The minimum absolute atomic E-state index is 0.141. The van der Waals surface area contributed by atoms with Crippen LogP contribution >= 0.6 is 0 Å². The SMILES string of the molecule is CCCCc1nc(C(F)(F)C(F)(F)C(F)(F)C(F)(F)F)c(COC(C)=O)n1Cc1ccc(OC(=O)CC2CCCC2)cc1. The molecule has 43 heavy (non-hydrogen) atoms. The number of carbonyl (C=O) groups is 2. The van der Waals surface area contributed by atoms with E-state index < -0.39 is 60.4 Å². The van der Waals surface area contributed by atoms with Crippen molar-refractivity contribution in [3.05, 3.63) is 47.0 Å². The molecule has 0 bridgehead atoms. The predicted molar refractivity (Wildman–Crippen MR) is 134 cm³/mol. The van der Waals surface area contributed by atoms with Crippen molar-refractivity contribution in [2.75, 3.05) is 0 Å². The second-order valence-corrected chi connectivity index (χ2v) is 10.5. The van der Waals surface area contributed by atoms with Crippen LogP contribution in [0.5, 0.6) is 5.75 Å². The number of rotatable bonds is 13. The molecule has 0 N–H and O–H groups in total. The van der Waals surface area contributed by atoms with E-state index in [-0.39, 0.29) is 36.8 Å². The van der Waals surface area contributed by atoms with Gasteiger partial charge < -0.3 is 14.0 Å². The molecule has 0 aliphatic heterocycles. The molecule has 6 nitrogen and oxygen atoms in total. The van der Waals surface area contributed by atoms with E-state index in [4.69, 9.17) is 9.47 Å². The van der Waals surface area contributed by atoms with Crippen molar-refractivity contribution in [3.63, 3.8) is 0 Å². The molecule has 2 aromatic rings. The maximum Gasteiger partial charge on any atom is 0.460 e. The Labute approximate surface area is 241 Å². The normalized spacial score (nSPS) is 15.1. The Morgan fingerprint density at radius 2 is 1.56 bits per heavy atom. The minimum Gasteiger partial charge on any atom is -0.459 e. The van der Waals surface area contributed by atoms with Crippen LogP contribution in [-0.2, 0) is 39.8 Å². The first-order valence-electron chi connectivity index (χ1n) is 13.6. The van der Waals surface area contributed by atoms with Gasteiger partial charge in [0.1, 0.15) is 23.9 Å². The lowest BCUT2D eigenvalue weighted by atomic mass is 9.99. The van der Waals surface area contributed by atoms with Gasteiger partial charge in [-0.05, 0) is 42.9 Å². The molecule has 240 valence electrons. The summed E-state index contributed by atoms with van der Waals surface area (Å²) in [7, 11) is 0. The predicted octanol–water partition coefficient (Wildman–Crippen LogP) is 7.75. The summed E-state index contributed by atoms with van der Waals surface area (Å²) in [5.41, 5.74) is -2.72. The van der Waals surface area contributed by atoms with Crippen LogP contribution in [0.2, 0.25) is 0 Å². The lowest BCUT2D eigenvalue weighted by molar-refractivity contribution is -0.400. The van der Waals surface area contributed by atoms with Gasteiger partial charge >= 0.3 is 35.9 Å². The number of hydrogen-bond acceptors (Lipinski definition) is 5. The van der Waals surface area contributed by atoms with E-state index >= 15 is 8.78 Å². The topological polar surface area (TPSA) is 70.4 Å². The lowest BCUT2D eigenvalue weighted by Crippen LogP contribution is -2.59. The molecule has 0 atom stereocenters. The maximum absolute atomic E-state index is 15.1. The Kier molecular flexibility index (Phi) is 10.5. The number of halogens is 9. The van der Waals surface area contributed by atoms with Gasteiger partial charge in [-0.2, -0.15) is 39.5 Å². The van der Waals surface area contributed by atoms with Gasteiger partial charge in [0, 0.05) is 26.3 Å². The van der Waals surface area contributed by atoms with Crippen LogP contribution in [0.15, 0.2) is 24.3 Å². The lowest BCUT2D eigenvalue weighted by Gasteiger charge is -2.33. The van der Waals surface area contributed by atoms with Crippen molar-refractivity contribution in [2.45, 2.75) is 102 Å². The Bertz CT molecular complexity index is 1270. The molecule has 1 aromatic carbocycles. The molecule has 15 heteroatoms. The molecular weight excluding hydrogens is 599 g/mol. The Hall–Kier alpha value is -3.26. The molecule has 1 aliphatic rings. The fourth-order valence-corrected chi connectivity index (χ4v) is 4.81. The van der Waals surface area contributed by atoms with Crippen molar-refractivity contribution in [2.24, 2.45) is 5.92 Å². The first-order valence-corrected chi connectivity index (χ1v) is 13.6. The molecule has 0 amide bonds. The van der Waals surface area contributed by atoms with E-state index in [0.29, 0.717) is 12.0 Å². The summed E-state index contributed by atoms with van der Waals surface area (Å²) in [5, 5.41) is 0. The first kappa shape index (κ1) is 34.2. The Morgan fingerprint density at radius 3 is 2.09 bits per heavy atom. The molecule has 1 heterocycles. The number of carbonyl (C=O) groups excluding carboxylic acids is 2. The standard InChI is InChI=1S/C28H31F9N2O4/c1-3-4-9-22-38-24(25(29,30)26(31,32)27(33,34)28(35,36)37)21(16-42-17(2)40)39(22)15-19-10-12-20(13-11-19)43-23(41)14-18-7-5-6-8-18/h10-13,18H,3-9,14-16H2,1-2H3. The summed E-state index contributed by atoms with van der Waals surface area (Å²) in [4.78, 5) is 27.1. The van der Waals surface area contributed by atoms with E-state index in [9.17, 15) is 40.3 Å². The highest BCUT2D eigenvalue weighted by Gasteiger charge is 2.82. The first-order chi connectivity index (χ1) is 19.9. The number of imidazole rings is 1. The molecule has 1 aromatic heterocycles. The van der Waals surface area contributed by atoms with Crippen molar-refractivity contribution < 1.29 is 58.6 Å². The molecular formula is C28H31F9N2O4. The molecule has 0 unspecified atom stereocenters. The second kappa shape index (κ2) is 13.2. The molecule has 1 saturated carbocycles. The summed E-state index contributed by atoms with van der Waals surface area (Å²) < 4.78 is 136. The van der Waals surface area contributed by atoms with Gasteiger partial charge in [0.25, 0.3) is 0 Å². The second-order valence-electron chi connectivity index (χ2n) is 10.5. The van der Waals surface area contributed by atoms with Crippen LogP contribution in [0.3, 0.4) is 0 Å². The third kappa shape index (κ3) is 7.46. The third-order valence-corrected chi connectivity index (χ3v) is 7.19. The number of nitrogens with zero attached hydrogens (tertiary/aromatic N) is 2. The highest BCUT2D eigenvalue weighted by Crippen LogP contribution is 2.57. The summed E-state index contributed by atoms with van der Waals surface area (Å²) in [6.45, 7) is 1.00. The number of ether oxygens (including phenoxy) is 2. The highest BCUT2D eigenvalue weighted by atomic mass is 19.4. The van der Waals surface area contributed by atoms with Crippen LogP contribution in [-0.4, -0.2) is 39.5 Å². The van der Waals surface area contributed by atoms with Gasteiger partial charge in [0.15, 0.2) is 0 Å². The molecule has 1 fully saturated rings. The van der Waals surface area contributed by atoms with Crippen molar-refractivity contribution in [1.29, 1.82) is 0 Å². The van der Waals surface area contributed by atoms with Crippen molar-refractivity contribution in [1.82, 2.24) is 9.55 Å². The minimum atomic E-state index is -7.12. The zero-order chi connectivity index (χ0) is 32.2. The maximum atomic E-state index is 15.1. The summed E-state index contributed by atoms with van der Waals surface area (Å²) in [5.74, 6) is -21.6. The number of benzene rings is 1. The van der Waals surface area contributed by atoms with Crippen LogP contribution < -0.4 is 4.74 Å². The number of esters is 2. The quantitative estimate of drug-likeness (QED) is 0.129. The van der Waals surface area contributed by atoms with E-state index in [0.717, 1.165) is 37.2 Å². The smallest absolute Gasteiger partial charge is 0.459 e. The number of unbranched alkanes of at least 4 members (excludes halogenated alkanes) is 1. The molecule has 1 aliphatic carbocycles. The summed E-state index contributed by atoms with van der Waals surface area (Å²) >= 11 is 0. The van der Waals surface area contributed by atoms with Crippen LogP contribution in [0.25, 0.3) is 0 Å². The van der Waals surface area contributed by atoms with Crippen LogP contribution in [0.4, 0.5) is 39.5 Å². The zero-order valence-corrected chi connectivity index (χ0v) is 23.4. The monoisotopic (exact) mass is 630 g/mol. The van der Waals surface area contributed by atoms with Crippen molar-refractivity contribution in [3.8, 4) is 5.75 Å². The average Bonchev–Trinajstić information content (AvgIpc) is 3.54. The van der Waals surface area contributed by atoms with E-state index in [1.807, 2.05) is 0 Å². The summed E-state index contributed by atoms with van der Waals surface area (Å²) in [6, 6.07) is 5.62. The fourth-order valence-electron chi connectivity index (χ4n) is 4.81. The van der Waals surface area contributed by atoms with Gasteiger partial charge in [-0.15, -0.1) is 0 Å². The van der Waals surface area contributed by atoms with E-state index in [1.54, 1.807) is 6.92 Å². The fraction of sp³-hybridized carbons (Fsp3) is 0.607. The van der Waals surface area contributed by atoms with Crippen LogP contribution in [0.1, 0.15) is 81.6 Å². The largest absolute Gasteiger partial charge is 0.460 e. The highest BCUT2D eigenvalue weighted by molar-refractivity contribution is 5.72. The molecule has 3 rings (SSSR count). The summed E-state index contributed by atoms with van der Waals surface area (Å²) in [6.07, 6.45) is -2.25. The number of aromatic nitrogens is 2. The van der Waals surface area contributed by atoms with Crippen molar-refractivity contribution >= 4 is 11.9 Å². The van der Waals surface area contributed by atoms with Crippen LogP contribution in [0, 0.1) is 5.92 Å². The third-order valence-electron chi connectivity index (χ3n) is 7.19. The van der Waals surface area contributed by atoms with E-state index in [1.165, 1.54) is 24.3 Å². The van der Waals surface area contributed by atoms with Gasteiger partial charge in [0.05, 0.1) is 5.69 Å².